The quantitative estimate of drug-likeness (QED) is 0.531. The molecule has 2 aliphatic rings. The number of aromatic nitrogens is 2. The third kappa shape index (κ3) is 3.93. The molecule has 0 unspecified atom stereocenters. The van der Waals surface area contributed by atoms with Crippen LogP contribution < -0.4 is 4.90 Å². The number of imidazole rings is 1. The van der Waals surface area contributed by atoms with Crippen LogP contribution in [0, 0.1) is 10.1 Å². The molecule has 162 valence electrons. The number of sulfonamides is 1. The molecule has 9 nitrogen and oxygen atoms in total. The van der Waals surface area contributed by atoms with Crippen molar-refractivity contribution in [2.24, 2.45) is 7.05 Å². The average molecular weight is 434 g/mol. The summed E-state index contributed by atoms with van der Waals surface area (Å²) >= 11 is 0. The lowest BCUT2D eigenvalue weighted by atomic mass is 9.84. The summed E-state index contributed by atoms with van der Waals surface area (Å²) in [5.74, 6) is 0.745. The van der Waals surface area contributed by atoms with Gasteiger partial charge >= 0.3 is 5.82 Å². The van der Waals surface area contributed by atoms with Crippen molar-refractivity contribution in [3.05, 3.63) is 46.3 Å². The van der Waals surface area contributed by atoms with Gasteiger partial charge in [-0.15, -0.1) is 0 Å². The number of anilines is 1. The molecule has 0 N–H and O–H groups in total. The second kappa shape index (κ2) is 8.35. The fourth-order valence-electron chi connectivity index (χ4n) is 4.54. The van der Waals surface area contributed by atoms with Gasteiger partial charge in [-0.05, 0) is 46.4 Å². The minimum Gasteiger partial charge on any atom is -0.358 e. The molecule has 0 spiro atoms. The molecule has 2 heterocycles. The summed E-state index contributed by atoms with van der Waals surface area (Å²) in [6, 6.07) is 7.35. The van der Waals surface area contributed by atoms with Crippen LogP contribution in [0.4, 0.5) is 11.6 Å². The van der Waals surface area contributed by atoms with E-state index in [1.807, 2.05) is 17.0 Å². The normalized spacial score (nSPS) is 19.2. The lowest BCUT2D eigenvalue weighted by molar-refractivity contribution is -0.388. The number of nitro groups is 1. The number of rotatable bonds is 5. The van der Waals surface area contributed by atoms with E-state index < -0.39 is 14.9 Å². The maximum atomic E-state index is 13.1. The fourth-order valence-corrected chi connectivity index (χ4v) is 5.96. The van der Waals surface area contributed by atoms with Gasteiger partial charge in [0.2, 0.25) is 22.2 Å². The van der Waals surface area contributed by atoms with Crippen LogP contribution in [0.25, 0.3) is 0 Å². The Balaban J connectivity index is 1.45. The minimum atomic E-state index is -3.59. The van der Waals surface area contributed by atoms with E-state index in [-0.39, 0.29) is 18.9 Å². The summed E-state index contributed by atoms with van der Waals surface area (Å²) < 4.78 is 29.2. The lowest BCUT2D eigenvalue weighted by Gasteiger charge is -2.34. The lowest BCUT2D eigenvalue weighted by Crippen LogP contribution is -2.49. The summed E-state index contributed by atoms with van der Waals surface area (Å²) in [4.78, 5) is 16.7. The second-order valence-electron chi connectivity index (χ2n) is 8.05. The maximum absolute atomic E-state index is 13.1. The van der Waals surface area contributed by atoms with E-state index in [0.29, 0.717) is 29.7 Å². The van der Waals surface area contributed by atoms with Gasteiger partial charge in [0.1, 0.15) is 0 Å². The van der Waals surface area contributed by atoms with E-state index >= 15 is 0 Å². The monoisotopic (exact) mass is 433 g/mol. The van der Waals surface area contributed by atoms with Gasteiger partial charge in [-0.1, -0.05) is 31.4 Å². The van der Waals surface area contributed by atoms with Crippen LogP contribution in [-0.4, -0.2) is 53.4 Å². The Labute approximate surface area is 176 Å². The highest BCUT2D eigenvalue weighted by molar-refractivity contribution is 7.89. The largest absolute Gasteiger partial charge is 0.406 e. The van der Waals surface area contributed by atoms with Crippen molar-refractivity contribution in [3.8, 4) is 0 Å². The van der Waals surface area contributed by atoms with Crippen molar-refractivity contribution >= 4 is 21.7 Å². The molecule has 0 radical (unpaired) electrons. The van der Waals surface area contributed by atoms with E-state index in [4.69, 9.17) is 0 Å². The highest BCUT2D eigenvalue weighted by Crippen LogP contribution is 2.33. The molecule has 2 aromatic rings. The molecule has 1 saturated carbocycles. The van der Waals surface area contributed by atoms with Gasteiger partial charge < -0.3 is 15.0 Å². The van der Waals surface area contributed by atoms with Crippen molar-refractivity contribution in [3.63, 3.8) is 0 Å². The third-order valence-corrected chi connectivity index (χ3v) is 8.11. The first kappa shape index (κ1) is 20.8. The first-order valence-electron chi connectivity index (χ1n) is 10.4. The Bertz CT molecular complexity index is 1000. The van der Waals surface area contributed by atoms with E-state index in [2.05, 4.69) is 4.98 Å². The number of benzene rings is 1. The molecule has 1 saturated heterocycles. The van der Waals surface area contributed by atoms with Crippen LogP contribution in [-0.2, 0) is 17.1 Å². The van der Waals surface area contributed by atoms with Crippen LogP contribution in [0.5, 0.6) is 0 Å². The van der Waals surface area contributed by atoms with Crippen molar-refractivity contribution in [1.82, 2.24) is 13.9 Å². The van der Waals surface area contributed by atoms with Crippen molar-refractivity contribution in [2.75, 3.05) is 31.1 Å². The maximum Gasteiger partial charge on any atom is 0.406 e. The van der Waals surface area contributed by atoms with Crippen LogP contribution in [0.1, 0.15) is 43.6 Å². The van der Waals surface area contributed by atoms with Gasteiger partial charge in [0.25, 0.3) is 0 Å². The first-order chi connectivity index (χ1) is 14.4. The Morgan fingerprint density at radius 2 is 1.67 bits per heavy atom. The molecule has 1 aromatic carbocycles. The predicted molar refractivity (Wildman–Crippen MR) is 113 cm³/mol. The summed E-state index contributed by atoms with van der Waals surface area (Å²) in [6.45, 7) is 1.30. The van der Waals surface area contributed by atoms with Crippen molar-refractivity contribution in [2.45, 2.75) is 42.9 Å². The number of nitrogens with zero attached hydrogens (tertiary/aromatic N) is 5. The van der Waals surface area contributed by atoms with E-state index in [1.165, 1.54) is 48.3 Å². The number of hydrogen-bond acceptors (Lipinski definition) is 6. The van der Waals surface area contributed by atoms with Crippen LogP contribution in [0.2, 0.25) is 0 Å². The zero-order valence-corrected chi connectivity index (χ0v) is 17.9. The Morgan fingerprint density at radius 1 is 1.03 bits per heavy atom. The standard InChI is InChI=1S/C20H27N5O4S/c1-22-15-21-19(25(26)27)20(22)23-11-13-24(14-12-23)30(28,29)18-9-7-17(8-10-18)16-5-3-2-4-6-16/h7-10,15-16H,2-6,11-14H2,1H3. The van der Waals surface area contributed by atoms with Crippen molar-refractivity contribution < 1.29 is 13.3 Å². The SMILES string of the molecule is Cn1cnc([N+](=O)[O-])c1N1CCN(S(=O)(=O)c2ccc(C3CCCCC3)cc2)CC1. The molecule has 0 amide bonds. The molecular weight excluding hydrogens is 406 g/mol. The van der Waals surface area contributed by atoms with E-state index in [0.717, 1.165) is 0 Å². The van der Waals surface area contributed by atoms with Gasteiger partial charge in [0, 0.05) is 33.2 Å². The number of hydrogen-bond donors (Lipinski definition) is 0. The summed E-state index contributed by atoms with van der Waals surface area (Å²) in [6.07, 6.45) is 7.53. The minimum absolute atomic E-state index is 0.202. The highest BCUT2D eigenvalue weighted by Gasteiger charge is 2.33. The molecule has 10 heteroatoms. The molecule has 1 aromatic heterocycles. The molecule has 30 heavy (non-hydrogen) atoms. The van der Waals surface area contributed by atoms with Gasteiger partial charge in [0.15, 0.2) is 0 Å². The molecule has 0 bridgehead atoms. The Hall–Kier alpha value is -2.46. The first-order valence-corrected chi connectivity index (χ1v) is 11.8. The summed E-state index contributed by atoms with van der Waals surface area (Å²) in [5, 5.41) is 11.2. The zero-order valence-electron chi connectivity index (χ0n) is 17.1. The van der Waals surface area contributed by atoms with E-state index in [9.17, 15) is 18.5 Å². The Morgan fingerprint density at radius 3 is 2.27 bits per heavy atom. The Kier molecular flexibility index (Phi) is 5.79. The van der Waals surface area contributed by atoms with Crippen LogP contribution in [0.3, 0.4) is 0 Å². The molecule has 2 fully saturated rings. The molecule has 1 aliphatic carbocycles. The third-order valence-electron chi connectivity index (χ3n) is 6.19. The zero-order chi connectivity index (χ0) is 21.3. The van der Waals surface area contributed by atoms with Gasteiger partial charge in [-0.25, -0.2) is 8.42 Å². The summed E-state index contributed by atoms with van der Waals surface area (Å²) in [7, 11) is -1.89. The van der Waals surface area contributed by atoms with Crippen LogP contribution in [0.15, 0.2) is 35.5 Å². The molecular formula is C20H27N5O4S. The van der Waals surface area contributed by atoms with Crippen LogP contribution >= 0.6 is 0 Å². The van der Waals surface area contributed by atoms with Gasteiger partial charge in [0.05, 0.1) is 4.90 Å². The summed E-state index contributed by atoms with van der Waals surface area (Å²) in [5.41, 5.74) is 1.22. The van der Waals surface area contributed by atoms with E-state index in [1.54, 1.807) is 23.7 Å². The second-order valence-corrected chi connectivity index (χ2v) is 9.99. The van der Waals surface area contributed by atoms with Crippen molar-refractivity contribution in [1.29, 1.82) is 0 Å². The average Bonchev–Trinajstić information content (AvgIpc) is 3.16. The molecule has 0 atom stereocenters. The number of aryl methyl sites for hydroxylation is 1. The topological polar surface area (TPSA) is 102 Å². The number of piperazine rings is 1. The molecule has 1 aliphatic heterocycles. The predicted octanol–water partition coefficient (Wildman–Crippen LogP) is 2.89. The van der Waals surface area contributed by atoms with Gasteiger partial charge in [-0.2, -0.15) is 4.31 Å². The fraction of sp³-hybridized carbons (Fsp3) is 0.550. The smallest absolute Gasteiger partial charge is 0.358 e. The molecule has 4 rings (SSSR count). The van der Waals surface area contributed by atoms with Gasteiger partial charge in [-0.3, -0.25) is 4.57 Å². The highest BCUT2D eigenvalue weighted by atomic mass is 32.2.